The zero-order valence-corrected chi connectivity index (χ0v) is 14.3. The van der Waals surface area contributed by atoms with Crippen molar-refractivity contribution in [2.24, 2.45) is 0 Å². The zero-order valence-electron chi connectivity index (χ0n) is 11.9. The summed E-state index contributed by atoms with van der Waals surface area (Å²) in [5, 5.41) is 3.95. The minimum Gasteiger partial charge on any atom is -0.457 e. The molecular formula is C16H10Cl3FN2O2. The summed E-state index contributed by atoms with van der Waals surface area (Å²) >= 11 is 11.6. The van der Waals surface area contributed by atoms with Crippen LogP contribution in [0, 0.1) is 5.82 Å². The Kier molecular flexibility index (Phi) is 5.83. The van der Waals surface area contributed by atoms with Gasteiger partial charge in [-0.15, -0.1) is 12.4 Å². The predicted octanol–water partition coefficient (Wildman–Crippen LogP) is 4.89. The molecule has 0 aliphatic carbocycles. The average Bonchev–Trinajstić information content (AvgIpc) is 2.56. The first kappa shape index (κ1) is 18.3. The molecule has 0 bridgehead atoms. The lowest BCUT2D eigenvalue weighted by atomic mass is 10.3. The smallest absolute Gasteiger partial charge is 0.291 e. The number of ether oxygens (including phenoxy) is 1. The maximum atomic E-state index is 12.8. The van der Waals surface area contributed by atoms with Crippen LogP contribution in [-0.4, -0.2) is 9.78 Å². The summed E-state index contributed by atoms with van der Waals surface area (Å²) in [6.07, 6.45) is 1.30. The molecule has 0 atom stereocenters. The van der Waals surface area contributed by atoms with Crippen molar-refractivity contribution < 1.29 is 9.13 Å². The van der Waals surface area contributed by atoms with Crippen molar-refractivity contribution in [2.75, 3.05) is 0 Å². The van der Waals surface area contributed by atoms with E-state index in [1.54, 1.807) is 24.3 Å². The first-order chi connectivity index (χ1) is 11.0. The summed E-state index contributed by atoms with van der Waals surface area (Å²) in [7, 11) is 0. The van der Waals surface area contributed by atoms with Crippen LogP contribution in [0.25, 0.3) is 5.69 Å². The van der Waals surface area contributed by atoms with Gasteiger partial charge in [0.1, 0.15) is 22.3 Å². The summed E-state index contributed by atoms with van der Waals surface area (Å²) in [6, 6.07) is 12.3. The SMILES string of the molecule is Cl.O=c1c(Cl)c(Cl)cnn1-c1ccc(Oc2ccc(F)cc2)cc1. The van der Waals surface area contributed by atoms with Crippen molar-refractivity contribution in [2.45, 2.75) is 0 Å². The Balaban J connectivity index is 0.00000208. The molecule has 3 rings (SSSR count). The minimum atomic E-state index is -0.508. The molecule has 2 aromatic carbocycles. The molecule has 0 spiro atoms. The van der Waals surface area contributed by atoms with Gasteiger partial charge in [-0.2, -0.15) is 9.78 Å². The molecule has 0 aliphatic heterocycles. The Morgan fingerprint density at radius 2 is 1.50 bits per heavy atom. The van der Waals surface area contributed by atoms with Gasteiger partial charge in [-0.3, -0.25) is 4.79 Å². The fourth-order valence-corrected chi connectivity index (χ4v) is 2.14. The van der Waals surface area contributed by atoms with E-state index in [1.165, 1.54) is 30.5 Å². The molecule has 0 N–H and O–H groups in total. The fraction of sp³-hybridized carbons (Fsp3) is 0. The largest absolute Gasteiger partial charge is 0.457 e. The lowest BCUT2D eigenvalue weighted by Gasteiger charge is -2.08. The highest BCUT2D eigenvalue weighted by Gasteiger charge is 2.09. The molecule has 124 valence electrons. The van der Waals surface area contributed by atoms with Crippen molar-refractivity contribution in [1.29, 1.82) is 0 Å². The Bertz CT molecular complexity index is 897. The van der Waals surface area contributed by atoms with Crippen LogP contribution in [0.4, 0.5) is 4.39 Å². The molecule has 0 fully saturated rings. The topological polar surface area (TPSA) is 44.1 Å². The summed E-state index contributed by atoms with van der Waals surface area (Å²) in [4.78, 5) is 12.0. The molecule has 0 saturated heterocycles. The van der Waals surface area contributed by atoms with Crippen molar-refractivity contribution >= 4 is 35.6 Å². The van der Waals surface area contributed by atoms with E-state index in [2.05, 4.69) is 5.10 Å². The Morgan fingerprint density at radius 3 is 2.08 bits per heavy atom. The van der Waals surface area contributed by atoms with Crippen molar-refractivity contribution in [1.82, 2.24) is 9.78 Å². The molecule has 4 nitrogen and oxygen atoms in total. The number of aromatic nitrogens is 2. The molecule has 1 heterocycles. The number of rotatable bonds is 3. The van der Waals surface area contributed by atoms with Crippen molar-refractivity contribution in [3.8, 4) is 17.2 Å². The van der Waals surface area contributed by atoms with Crippen molar-refractivity contribution in [3.63, 3.8) is 0 Å². The fourth-order valence-electron chi connectivity index (χ4n) is 1.89. The molecular weight excluding hydrogens is 378 g/mol. The van der Waals surface area contributed by atoms with Crippen LogP contribution in [0.3, 0.4) is 0 Å². The van der Waals surface area contributed by atoms with E-state index in [4.69, 9.17) is 27.9 Å². The Hall–Kier alpha value is -2.08. The number of nitrogens with zero attached hydrogens (tertiary/aromatic N) is 2. The molecule has 0 radical (unpaired) electrons. The third-order valence-corrected chi connectivity index (χ3v) is 3.76. The zero-order chi connectivity index (χ0) is 16.4. The third kappa shape index (κ3) is 3.87. The quantitative estimate of drug-likeness (QED) is 0.642. The van der Waals surface area contributed by atoms with Gasteiger partial charge >= 0.3 is 0 Å². The number of hydrogen-bond acceptors (Lipinski definition) is 3. The van der Waals surface area contributed by atoms with Gasteiger partial charge in [0.15, 0.2) is 0 Å². The van der Waals surface area contributed by atoms with Gasteiger partial charge in [-0.1, -0.05) is 23.2 Å². The molecule has 0 aliphatic rings. The van der Waals surface area contributed by atoms with Gasteiger partial charge in [0, 0.05) is 0 Å². The molecule has 1 aromatic heterocycles. The molecule has 0 unspecified atom stereocenters. The van der Waals surface area contributed by atoms with Crippen LogP contribution in [0.1, 0.15) is 0 Å². The summed E-state index contributed by atoms with van der Waals surface area (Å²) in [5.41, 5.74) is 0.00592. The van der Waals surface area contributed by atoms with Crippen molar-refractivity contribution in [3.05, 3.63) is 80.9 Å². The Morgan fingerprint density at radius 1 is 0.958 bits per heavy atom. The second-order valence-electron chi connectivity index (χ2n) is 4.57. The average molecular weight is 388 g/mol. The number of benzene rings is 2. The highest BCUT2D eigenvalue weighted by molar-refractivity contribution is 6.41. The normalized spacial score (nSPS) is 10.1. The van der Waals surface area contributed by atoms with E-state index in [-0.39, 0.29) is 28.3 Å². The lowest BCUT2D eigenvalue weighted by Crippen LogP contribution is -2.21. The highest BCUT2D eigenvalue weighted by atomic mass is 35.5. The van der Waals surface area contributed by atoms with Crippen LogP contribution in [0.2, 0.25) is 10.0 Å². The second-order valence-corrected chi connectivity index (χ2v) is 5.36. The van der Waals surface area contributed by atoms with Gasteiger partial charge in [0.05, 0.1) is 16.9 Å². The summed E-state index contributed by atoms with van der Waals surface area (Å²) in [6.45, 7) is 0. The molecule has 0 saturated carbocycles. The van der Waals surface area contributed by atoms with E-state index in [0.717, 1.165) is 4.68 Å². The molecule has 0 amide bonds. The van der Waals surface area contributed by atoms with Gasteiger partial charge in [-0.25, -0.2) is 4.39 Å². The maximum absolute atomic E-state index is 12.8. The molecule has 3 aromatic rings. The van der Waals surface area contributed by atoms with Gasteiger partial charge in [-0.05, 0) is 48.5 Å². The summed E-state index contributed by atoms with van der Waals surface area (Å²) in [5.74, 6) is 0.704. The van der Waals surface area contributed by atoms with E-state index in [0.29, 0.717) is 17.2 Å². The van der Waals surface area contributed by atoms with Crippen LogP contribution < -0.4 is 10.3 Å². The third-order valence-electron chi connectivity index (χ3n) is 3.01. The number of hydrogen-bond donors (Lipinski definition) is 0. The van der Waals surface area contributed by atoms with E-state index < -0.39 is 5.56 Å². The van der Waals surface area contributed by atoms with Gasteiger partial charge in [0.2, 0.25) is 0 Å². The monoisotopic (exact) mass is 386 g/mol. The molecule has 8 heteroatoms. The minimum absolute atomic E-state index is 0. The Labute approximate surface area is 152 Å². The van der Waals surface area contributed by atoms with Crippen LogP contribution in [0.5, 0.6) is 11.5 Å². The lowest BCUT2D eigenvalue weighted by molar-refractivity contribution is 0.480. The van der Waals surface area contributed by atoms with Crippen LogP contribution in [0.15, 0.2) is 59.5 Å². The van der Waals surface area contributed by atoms with E-state index in [1.807, 2.05) is 0 Å². The predicted molar refractivity (Wildman–Crippen MR) is 93.6 cm³/mol. The van der Waals surface area contributed by atoms with E-state index in [9.17, 15) is 9.18 Å². The van der Waals surface area contributed by atoms with Gasteiger partial charge < -0.3 is 4.74 Å². The second kappa shape index (κ2) is 7.66. The molecule has 24 heavy (non-hydrogen) atoms. The van der Waals surface area contributed by atoms with Gasteiger partial charge in [0.25, 0.3) is 5.56 Å². The highest BCUT2D eigenvalue weighted by Crippen LogP contribution is 2.23. The summed E-state index contributed by atoms with van der Waals surface area (Å²) < 4.78 is 19.6. The van der Waals surface area contributed by atoms with Crippen LogP contribution >= 0.6 is 35.6 Å². The van der Waals surface area contributed by atoms with E-state index >= 15 is 0 Å². The standard InChI is InChI=1S/C16H9Cl2FN2O2.ClH/c17-14-9-20-21(16(22)15(14)18)11-3-7-13(8-4-11)23-12-5-1-10(19)2-6-12;/h1-9H;1H. The first-order valence-corrected chi connectivity index (χ1v) is 7.27. The van der Waals surface area contributed by atoms with Crippen LogP contribution in [-0.2, 0) is 0 Å². The maximum Gasteiger partial charge on any atom is 0.291 e. The first-order valence-electron chi connectivity index (χ1n) is 6.52. The number of halogens is 4.